The van der Waals surface area contributed by atoms with Crippen molar-refractivity contribution in [1.29, 1.82) is 0 Å². The number of rotatable bonds is 7. The number of aliphatic hydroxyl groups excluding tert-OH is 1. The van der Waals surface area contributed by atoms with E-state index in [2.05, 4.69) is 5.32 Å². The second-order valence-corrected chi connectivity index (χ2v) is 5.17. The van der Waals surface area contributed by atoms with Crippen LogP contribution in [0.5, 0.6) is 11.5 Å². The summed E-state index contributed by atoms with van der Waals surface area (Å²) >= 11 is 0. The fourth-order valence-corrected chi connectivity index (χ4v) is 2.22. The lowest BCUT2D eigenvalue weighted by molar-refractivity contribution is 0.188. The molecule has 0 aliphatic heterocycles. The maximum absolute atomic E-state index is 14.2. The minimum absolute atomic E-state index is 0.0228. The quantitative estimate of drug-likeness (QED) is 0.809. The van der Waals surface area contributed by atoms with E-state index in [1.165, 1.54) is 17.0 Å². The predicted octanol–water partition coefficient (Wildman–Crippen LogP) is 3.85. The van der Waals surface area contributed by atoms with Gasteiger partial charge in [-0.2, -0.15) is 0 Å². The molecule has 0 radical (unpaired) electrons. The van der Waals surface area contributed by atoms with E-state index in [0.29, 0.717) is 12.3 Å². The number of anilines is 1. The van der Waals surface area contributed by atoms with Crippen LogP contribution in [0.4, 0.5) is 14.9 Å². The summed E-state index contributed by atoms with van der Waals surface area (Å²) < 4.78 is 19.9. The van der Waals surface area contributed by atoms with Crippen LogP contribution in [0.2, 0.25) is 0 Å². The summed E-state index contributed by atoms with van der Waals surface area (Å²) in [6, 6.07) is 12.8. The average Bonchev–Trinajstić information content (AvgIpc) is 2.58. The van der Waals surface area contributed by atoms with Gasteiger partial charge in [-0.3, -0.25) is 0 Å². The minimum atomic E-state index is -0.586. The van der Waals surface area contributed by atoms with E-state index < -0.39 is 11.8 Å². The highest BCUT2D eigenvalue weighted by Crippen LogP contribution is 2.31. The standard InChI is InChI=1S/C18H21FN2O3/c1-2-11-21(12-13-22)18(23)20-17-15(19)9-6-10-16(17)24-14-7-4-3-5-8-14/h3-10,22H,2,11-13H2,1H3,(H,20,23). The van der Waals surface area contributed by atoms with Crippen molar-refractivity contribution in [2.45, 2.75) is 13.3 Å². The number of nitrogens with one attached hydrogen (secondary N) is 1. The maximum Gasteiger partial charge on any atom is 0.322 e. The number of carbonyl (C=O) groups is 1. The van der Waals surface area contributed by atoms with Gasteiger partial charge in [-0.25, -0.2) is 9.18 Å². The molecule has 2 N–H and O–H groups in total. The second-order valence-electron chi connectivity index (χ2n) is 5.17. The Bertz CT molecular complexity index is 659. The van der Waals surface area contributed by atoms with E-state index in [9.17, 15) is 9.18 Å². The van der Waals surface area contributed by atoms with Gasteiger partial charge < -0.3 is 20.1 Å². The van der Waals surface area contributed by atoms with Crippen molar-refractivity contribution >= 4 is 11.7 Å². The molecule has 5 nitrogen and oxygen atoms in total. The van der Waals surface area contributed by atoms with Crippen LogP contribution in [0.3, 0.4) is 0 Å². The average molecular weight is 332 g/mol. The number of hydrogen-bond donors (Lipinski definition) is 2. The van der Waals surface area contributed by atoms with Crippen molar-refractivity contribution < 1.29 is 19.0 Å². The molecule has 0 atom stereocenters. The lowest BCUT2D eigenvalue weighted by Crippen LogP contribution is -2.37. The number of para-hydroxylation sites is 2. The van der Waals surface area contributed by atoms with Gasteiger partial charge in [-0.1, -0.05) is 31.2 Å². The lowest BCUT2D eigenvalue weighted by Gasteiger charge is -2.22. The van der Waals surface area contributed by atoms with Crippen molar-refractivity contribution in [2.75, 3.05) is 25.0 Å². The summed E-state index contributed by atoms with van der Waals surface area (Å²) in [6.07, 6.45) is 0.734. The molecule has 2 aromatic carbocycles. The molecular weight excluding hydrogens is 311 g/mol. The Labute approximate surface area is 140 Å². The van der Waals surface area contributed by atoms with E-state index in [4.69, 9.17) is 9.84 Å². The fraction of sp³-hybridized carbons (Fsp3) is 0.278. The van der Waals surface area contributed by atoms with Crippen molar-refractivity contribution in [3.05, 3.63) is 54.3 Å². The van der Waals surface area contributed by atoms with Crippen LogP contribution in [0.15, 0.2) is 48.5 Å². The van der Waals surface area contributed by atoms with E-state index in [1.54, 1.807) is 30.3 Å². The Hall–Kier alpha value is -2.60. The summed E-state index contributed by atoms with van der Waals surface area (Å²) in [6.45, 7) is 2.42. The Balaban J connectivity index is 2.21. The van der Waals surface area contributed by atoms with Crippen molar-refractivity contribution in [3.8, 4) is 11.5 Å². The molecule has 0 heterocycles. The van der Waals surface area contributed by atoms with Crippen LogP contribution < -0.4 is 10.1 Å². The summed E-state index contributed by atoms with van der Waals surface area (Å²) in [7, 11) is 0. The van der Waals surface area contributed by atoms with Gasteiger partial charge in [0.15, 0.2) is 11.6 Å². The van der Waals surface area contributed by atoms with Crippen LogP contribution in [0.1, 0.15) is 13.3 Å². The molecule has 0 saturated heterocycles. The van der Waals surface area contributed by atoms with E-state index in [-0.39, 0.29) is 24.6 Å². The van der Waals surface area contributed by atoms with Crippen LogP contribution in [0.25, 0.3) is 0 Å². The molecule has 2 aromatic rings. The number of hydrogen-bond acceptors (Lipinski definition) is 3. The molecular formula is C18H21FN2O3. The van der Waals surface area contributed by atoms with Crippen molar-refractivity contribution in [2.24, 2.45) is 0 Å². The largest absolute Gasteiger partial charge is 0.455 e. The predicted molar refractivity (Wildman–Crippen MR) is 90.9 cm³/mol. The number of amides is 2. The molecule has 0 aliphatic rings. The Kier molecular flexibility index (Phi) is 6.57. The summed E-state index contributed by atoms with van der Waals surface area (Å²) in [5, 5.41) is 11.6. The van der Waals surface area contributed by atoms with Crippen molar-refractivity contribution in [1.82, 2.24) is 4.90 Å². The molecule has 0 unspecified atom stereocenters. The molecule has 2 rings (SSSR count). The Morgan fingerprint density at radius 1 is 1.17 bits per heavy atom. The number of ether oxygens (including phenoxy) is 1. The first kappa shape index (κ1) is 17.7. The maximum atomic E-state index is 14.2. The van der Waals surface area contributed by atoms with Gasteiger partial charge in [0.2, 0.25) is 0 Å². The Morgan fingerprint density at radius 2 is 1.92 bits per heavy atom. The monoisotopic (exact) mass is 332 g/mol. The van der Waals surface area contributed by atoms with Gasteiger partial charge in [0, 0.05) is 13.1 Å². The normalized spacial score (nSPS) is 10.3. The lowest BCUT2D eigenvalue weighted by atomic mass is 10.2. The highest BCUT2D eigenvalue weighted by atomic mass is 19.1. The van der Waals surface area contributed by atoms with Gasteiger partial charge in [-0.05, 0) is 30.7 Å². The Morgan fingerprint density at radius 3 is 2.58 bits per heavy atom. The zero-order chi connectivity index (χ0) is 17.4. The first-order valence-corrected chi connectivity index (χ1v) is 7.84. The first-order chi connectivity index (χ1) is 11.7. The second kappa shape index (κ2) is 8.88. The van der Waals surface area contributed by atoms with Gasteiger partial charge in [0.1, 0.15) is 11.4 Å². The molecule has 128 valence electrons. The van der Waals surface area contributed by atoms with Gasteiger partial charge in [0.05, 0.1) is 6.61 Å². The zero-order valence-electron chi connectivity index (χ0n) is 13.5. The van der Waals surface area contributed by atoms with Gasteiger partial charge in [0.25, 0.3) is 0 Å². The fourth-order valence-electron chi connectivity index (χ4n) is 2.22. The number of carbonyl (C=O) groups excluding carboxylic acids is 1. The third-order valence-electron chi connectivity index (χ3n) is 3.33. The van der Waals surface area contributed by atoms with Gasteiger partial charge in [-0.15, -0.1) is 0 Å². The third-order valence-corrected chi connectivity index (χ3v) is 3.33. The summed E-state index contributed by atoms with van der Waals surface area (Å²) in [5.41, 5.74) is -0.0228. The van der Waals surface area contributed by atoms with E-state index in [0.717, 1.165) is 6.42 Å². The molecule has 6 heteroatoms. The molecule has 0 saturated carbocycles. The molecule has 0 aromatic heterocycles. The molecule has 0 aliphatic carbocycles. The molecule has 0 bridgehead atoms. The van der Waals surface area contributed by atoms with E-state index in [1.807, 2.05) is 13.0 Å². The van der Waals surface area contributed by atoms with Crippen LogP contribution in [0, 0.1) is 5.82 Å². The van der Waals surface area contributed by atoms with Crippen LogP contribution in [-0.2, 0) is 0 Å². The number of aliphatic hydroxyl groups is 1. The van der Waals surface area contributed by atoms with E-state index >= 15 is 0 Å². The topological polar surface area (TPSA) is 61.8 Å². The van der Waals surface area contributed by atoms with Crippen LogP contribution in [-0.4, -0.2) is 35.7 Å². The third kappa shape index (κ3) is 4.70. The first-order valence-electron chi connectivity index (χ1n) is 7.84. The molecule has 2 amide bonds. The number of benzene rings is 2. The SMILES string of the molecule is CCCN(CCO)C(=O)Nc1c(F)cccc1Oc1ccccc1. The zero-order valence-corrected chi connectivity index (χ0v) is 13.5. The highest BCUT2D eigenvalue weighted by molar-refractivity contribution is 5.91. The number of nitrogens with zero attached hydrogens (tertiary/aromatic N) is 1. The summed E-state index contributed by atoms with van der Waals surface area (Å²) in [4.78, 5) is 13.8. The molecule has 0 fully saturated rings. The number of urea groups is 1. The minimum Gasteiger partial charge on any atom is -0.455 e. The van der Waals surface area contributed by atoms with Gasteiger partial charge >= 0.3 is 6.03 Å². The molecule has 0 spiro atoms. The molecule has 24 heavy (non-hydrogen) atoms. The van der Waals surface area contributed by atoms with Crippen molar-refractivity contribution in [3.63, 3.8) is 0 Å². The number of halogens is 1. The summed E-state index contributed by atoms with van der Waals surface area (Å²) in [5.74, 6) is 0.173. The highest BCUT2D eigenvalue weighted by Gasteiger charge is 2.17. The van der Waals surface area contributed by atoms with Crippen LogP contribution >= 0.6 is 0 Å². The smallest absolute Gasteiger partial charge is 0.322 e.